The lowest BCUT2D eigenvalue weighted by molar-refractivity contribution is -0.142. The number of aliphatic carboxylic acids is 3. The summed E-state index contributed by atoms with van der Waals surface area (Å²) in [6.07, 6.45) is 2.97. The van der Waals surface area contributed by atoms with Crippen LogP contribution in [0, 0.1) is 0 Å². The number of H-pyrrole nitrogens is 1. The summed E-state index contributed by atoms with van der Waals surface area (Å²) in [5.74, 6) is -14.0. The highest BCUT2D eigenvalue weighted by Gasteiger charge is 2.35. The monoisotopic (exact) mass is 1370 g/mol. The molecule has 17 N–H and O–H groups in total. The third kappa shape index (κ3) is 27.9. The number of hydrogen-bond acceptors (Lipinski definition) is 19. The highest BCUT2D eigenvalue weighted by Crippen LogP contribution is 2.20. The number of carbonyl (C=O) groups is 13. The topological polar surface area (TPSA) is 508 Å². The van der Waals surface area contributed by atoms with Crippen LogP contribution in [0.25, 0.3) is 10.9 Å². The molecule has 4 aromatic rings. The predicted molar refractivity (Wildman–Crippen MR) is 343 cm³/mol. The Balaban J connectivity index is 1.58. The Bertz CT molecular complexity index is 3400. The van der Waals surface area contributed by atoms with Crippen LogP contribution in [0.4, 0.5) is 0 Å². The molecular formula is C59H78N12O20S3. The van der Waals surface area contributed by atoms with Crippen molar-refractivity contribution < 1.29 is 94.8 Å². The van der Waals surface area contributed by atoms with Crippen LogP contribution in [0.1, 0.15) is 68.6 Å². The number of carboxylic acids is 3. The summed E-state index contributed by atoms with van der Waals surface area (Å²) in [4.78, 5) is 176. The van der Waals surface area contributed by atoms with Crippen molar-refractivity contribution in [3.63, 3.8) is 0 Å². The first-order valence-corrected chi connectivity index (χ1v) is 33.4. The van der Waals surface area contributed by atoms with Crippen LogP contribution in [-0.4, -0.2) is 202 Å². The van der Waals surface area contributed by atoms with Gasteiger partial charge < -0.3 is 83.4 Å². The van der Waals surface area contributed by atoms with Gasteiger partial charge >= 0.3 is 28.3 Å². The standard InChI is InChI=1S/C59H78N12O20S3/c1-33(72)64-46(28-50(75)76)57(84)70-44(26-35-16-18-37(19-17-35)91-94(88,89)90)55(82)67-40(20-23-92-2)52(79)62-32-49(74)66-45(27-36-30-61-39-14-8-7-13-38(36)39)56(83)68-41(21-24-93-3)54(81)71-47(29-51(77)78)58(85)69-43(25-34-11-5-4-6-12-34)53(80)63-31-48(73)65-42(59(86)87)15-9-10-22-60/h4-8,11-14,16-19,30,40-47,61H,9-10,15,20-29,31-32,60H2,1-3H3,(H,62,79)(H,63,80)(H,64,72)(H,65,73)(H,66,74)(H,67,82)(H,68,83)(H,69,85)(H,70,84)(H,71,81)(H,75,76)(H,77,78)(H,86,87)(H,88,89,90). The van der Waals surface area contributed by atoms with Crippen molar-refractivity contribution in [3.05, 3.63) is 102 Å². The molecule has 0 aliphatic heterocycles. The highest BCUT2D eigenvalue weighted by molar-refractivity contribution is 7.98. The zero-order chi connectivity index (χ0) is 69.5. The van der Waals surface area contributed by atoms with Crippen molar-refractivity contribution in [2.24, 2.45) is 5.73 Å². The van der Waals surface area contributed by atoms with Crippen LogP contribution >= 0.6 is 23.5 Å². The molecule has 32 nitrogen and oxygen atoms in total. The van der Waals surface area contributed by atoms with Gasteiger partial charge in [-0.05, 0) is 97.6 Å². The van der Waals surface area contributed by atoms with E-state index < -0.39 is 168 Å². The first-order chi connectivity index (χ1) is 44.6. The number of carbonyl (C=O) groups excluding carboxylic acids is 10. The van der Waals surface area contributed by atoms with Gasteiger partial charge in [0.1, 0.15) is 54.1 Å². The van der Waals surface area contributed by atoms with Gasteiger partial charge in [0.25, 0.3) is 0 Å². The van der Waals surface area contributed by atoms with Crippen molar-refractivity contribution in [3.8, 4) is 5.75 Å². The zero-order valence-electron chi connectivity index (χ0n) is 51.4. The molecule has 10 amide bonds. The number of unbranched alkanes of at least 4 members (excludes halogenated alkanes) is 1. The third-order valence-corrected chi connectivity index (χ3v) is 15.6. The Morgan fingerprint density at radius 2 is 0.947 bits per heavy atom. The lowest BCUT2D eigenvalue weighted by Gasteiger charge is -2.26. The van der Waals surface area contributed by atoms with E-state index in [2.05, 4.69) is 62.3 Å². The van der Waals surface area contributed by atoms with Crippen molar-refractivity contribution >= 4 is 122 Å². The minimum absolute atomic E-state index is 0.0583. The van der Waals surface area contributed by atoms with Gasteiger partial charge in [-0.15, -0.1) is 0 Å². The molecule has 1 aromatic heterocycles. The van der Waals surface area contributed by atoms with Crippen molar-refractivity contribution in [1.29, 1.82) is 0 Å². The number of benzene rings is 3. The predicted octanol–water partition coefficient (Wildman–Crippen LogP) is -1.82. The molecule has 1 heterocycles. The summed E-state index contributed by atoms with van der Waals surface area (Å²) in [7, 11) is -4.93. The number of fused-ring (bicyclic) bond motifs is 1. The molecular weight excluding hydrogens is 1290 g/mol. The molecule has 0 bridgehead atoms. The van der Waals surface area contributed by atoms with E-state index in [9.17, 15) is 86.1 Å². The van der Waals surface area contributed by atoms with E-state index in [0.29, 0.717) is 41.4 Å². The molecule has 0 aliphatic carbocycles. The van der Waals surface area contributed by atoms with Gasteiger partial charge in [-0.3, -0.25) is 62.1 Å². The second-order valence-electron chi connectivity index (χ2n) is 21.2. The van der Waals surface area contributed by atoms with Crippen molar-refractivity contribution in [2.45, 2.75) is 119 Å². The number of para-hydroxylation sites is 1. The maximum atomic E-state index is 14.6. The Labute approximate surface area is 548 Å². The van der Waals surface area contributed by atoms with Crippen LogP contribution < -0.4 is 63.1 Å². The Kier molecular flexibility index (Phi) is 32.2. The zero-order valence-corrected chi connectivity index (χ0v) is 53.9. The molecule has 0 radical (unpaired) electrons. The lowest BCUT2D eigenvalue weighted by atomic mass is 10.0. The van der Waals surface area contributed by atoms with Crippen LogP contribution in [0.5, 0.6) is 5.75 Å². The maximum Gasteiger partial charge on any atom is 0.446 e. The number of rotatable bonds is 42. The minimum atomic E-state index is -4.93. The molecule has 0 saturated heterocycles. The normalized spacial score (nSPS) is 13.7. The molecule has 3 aromatic carbocycles. The van der Waals surface area contributed by atoms with E-state index in [1.807, 2.05) is 0 Å². The molecule has 35 heteroatoms. The van der Waals surface area contributed by atoms with Gasteiger partial charge in [0.05, 0.1) is 25.9 Å². The number of aromatic amines is 1. The number of carboxylic acid groups (broad SMARTS) is 3. The summed E-state index contributed by atoms with van der Waals surface area (Å²) in [6, 6.07) is 7.53. The number of thioether (sulfide) groups is 2. The van der Waals surface area contributed by atoms with E-state index in [1.165, 1.54) is 35.7 Å². The summed E-state index contributed by atoms with van der Waals surface area (Å²) < 4.78 is 36.1. The number of nitrogens with one attached hydrogen (secondary N) is 11. The molecule has 94 heavy (non-hydrogen) atoms. The average Bonchev–Trinajstić information content (AvgIpc) is 1.62. The molecule has 4 rings (SSSR count). The van der Waals surface area contributed by atoms with Gasteiger partial charge in [-0.25, -0.2) is 4.79 Å². The van der Waals surface area contributed by atoms with Crippen LogP contribution in [0.2, 0.25) is 0 Å². The Morgan fingerprint density at radius 3 is 1.46 bits per heavy atom. The van der Waals surface area contributed by atoms with Crippen LogP contribution in [0.3, 0.4) is 0 Å². The van der Waals surface area contributed by atoms with Crippen LogP contribution in [0.15, 0.2) is 85.1 Å². The fourth-order valence-corrected chi connectivity index (χ4v) is 10.5. The van der Waals surface area contributed by atoms with Gasteiger partial charge in [-0.2, -0.15) is 31.9 Å². The van der Waals surface area contributed by atoms with Gasteiger partial charge in [0.2, 0.25) is 59.1 Å². The highest BCUT2D eigenvalue weighted by atomic mass is 32.3. The maximum absolute atomic E-state index is 14.6. The summed E-state index contributed by atoms with van der Waals surface area (Å²) >= 11 is 2.53. The van der Waals surface area contributed by atoms with Gasteiger partial charge in [-0.1, -0.05) is 60.7 Å². The minimum Gasteiger partial charge on any atom is -0.481 e. The summed E-state index contributed by atoms with van der Waals surface area (Å²) in [5, 5.41) is 54.0. The molecule has 8 atom stereocenters. The van der Waals surface area contributed by atoms with E-state index >= 15 is 0 Å². The largest absolute Gasteiger partial charge is 0.481 e. The molecule has 0 fully saturated rings. The number of aromatic nitrogens is 1. The molecule has 512 valence electrons. The van der Waals surface area contributed by atoms with Crippen molar-refractivity contribution in [2.75, 3.05) is 43.7 Å². The number of hydrogen-bond donors (Lipinski definition) is 16. The Hall–Kier alpha value is -9.32. The second kappa shape index (κ2) is 39.3. The first kappa shape index (κ1) is 77.1. The molecule has 8 unspecified atom stereocenters. The fourth-order valence-electron chi connectivity index (χ4n) is 9.24. The third-order valence-electron chi connectivity index (χ3n) is 13.9. The number of amides is 10. The van der Waals surface area contributed by atoms with E-state index in [4.69, 9.17) is 10.3 Å². The fraction of sp³-hybridized carbons (Fsp3) is 0.441. The number of nitrogens with two attached hydrogens (primary N) is 1. The summed E-state index contributed by atoms with van der Waals surface area (Å²) in [5.41, 5.74) is 7.42. The van der Waals surface area contributed by atoms with Crippen LogP contribution in [-0.2, 0) is 92.0 Å². The quantitative estimate of drug-likeness (QED) is 0.0171. The lowest BCUT2D eigenvalue weighted by Crippen LogP contribution is -2.60. The van der Waals surface area contributed by atoms with E-state index in [0.717, 1.165) is 19.1 Å². The molecule has 0 spiro atoms. The van der Waals surface area contributed by atoms with Gasteiger partial charge in [0.15, 0.2) is 0 Å². The second-order valence-corrected chi connectivity index (χ2v) is 24.2. The SMILES string of the molecule is CSCCC(NC(=O)C(Cc1ccc(OS(=O)(=O)O)cc1)NC(=O)C(CC(=O)O)NC(C)=O)C(=O)NCC(=O)NC(Cc1c[nH]c2ccccc12)C(=O)NC(CCSC)C(=O)NC(CC(=O)O)C(=O)NC(Cc1ccccc1)C(=O)NCC(=O)NC(CCCCN)C(=O)O. The average molecular weight is 1370 g/mol. The Morgan fingerprint density at radius 1 is 0.511 bits per heavy atom. The van der Waals surface area contributed by atoms with Gasteiger partial charge in [0, 0.05) is 43.3 Å². The van der Waals surface area contributed by atoms with Crippen molar-refractivity contribution in [1.82, 2.24) is 58.2 Å². The van der Waals surface area contributed by atoms with E-state index in [-0.39, 0.29) is 54.9 Å². The molecule has 0 saturated carbocycles. The summed E-state index contributed by atoms with van der Waals surface area (Å²) in [6.45, 7) is -0.223. The first-order valence-electron chi connectivity index (χ1n) is 29.2. The van der Waals surface area contributed by atoms with E-state index in [1.54, 1.807) is 73.3 Å². The smallest absolute Gasteiger partial charge is 0.446 e. The molecule has 0 aliphatic rings.